The van der Waals surface area contributed by atoms with Gasteiger partial charge >= 0.3 is 0 Å². The van der Waals surface area contributed by atoms with Crippen LogP contribution < -0.4 is 4.90 Å². The monoisotopic (exact) mass is 692 g/mol. The van der Waals surface area contributed by atoms with Crippen LogP contribution in [0.2, 0.25) is 0 Å². The minimum Gasteiger partial charge on any atom is -0.310 e. The van der Waals surface area contributed by atoms with Crippen molar-refractivity contribution in [1.29, 1.82) is 0 Å². The zero-order valence-electron chi connectivity index (χ0n) is 33.4. The van der Waals surface area contributed by atoms with Crippen molar-refractivity contribution in [2.24, 2.45) is 0 Å². The summed E-state index contributed by atoms with van der Waals surface area (Å²) in [5, 5.41) is 4.47. The first-order chi connectivity index (χ1) is 28.5. The van der Waals surface area contributed by atoms with E-state index < -0.39 is 0 Å². The molecule has 54 heavy (non-hydrogen) atoms. The Bertz CT molecular complexity index is 3140. The molecule has 0 atom stereocenters. The number of hydrogen-bond donors (Lipinski definition) is 0. The molecule has 0 radical (unpaired) electrons. The van der Waals surface area contributed by atoms with Crippen molar-refractivity contribution in [1.82, 2.24) is 4.57 Å². The van der Waals surface area contributed by atoms with E-state index in [-0.39, 0.29) is 35.4 Å². The standard InChI is InChI=1S/C52H36N2/c1-3-15-37(16-4-1)39-31-33-44(34-32-39)53(45-22-13-19-41(36-45)42-30-29-38-17-7-8-18-40(38)35-42)49-26-11-9-23-46(49)47-25-14-28-51-52(47)48-24-10-12-27-50(48)54(51)43-20-5-2-6-21-43/h1-36H/i31D,32D,33D,34D. The van der Waals surface area contributed by atoms with Gasteiger partial charge in [-0.1, -0.05) is 158 Å². The molecule has 9 aromatic carbocycles. The van der Waals surface area contributed by atoms with Crippen molar-refractivity contribution in [2.75, 3.05) is 4.90 Å². The highest BCUT2D eigenvalue weighted by molar-refractivity contribution is 6.17. The Morgan fingerprint density at radius 1 is 0.389 bits per heavy atom. The number of aromatic nitrogens is 1. The predicted octanol–water partition coefficient (Wildman–Crippen LogP) is 14.4. The Kier molecular flexibility index (Phi) is 6.84. The van der Waals surface area contributed by atoms with Gasteiger partial charge in [0.05, 0.1) is 22.2 Å². The number of hydrogen-bond acceptors (Lipinski definition) is 1. The van der Waals surface area contributed by atoms with Gasteiger partial charge in [-0.3, -0.25) is 0 Å². The number of benzene rings is 9. The highest BCUT2D eigenvalue weighted by atomic mass is 15.1. The van der Waals surface area contributed by atoms with Gasteiger partial charge in [0.2, 0.25) is 0 Å². The molecular formula is C52H36N2. The fourth-order valence-electron chi connectivity index (χ4n) is 7.74. The lowest BCUT2D eigenvalue weighted by Crippen LogP contribution is -2.11. The normalized spacial score (nSPS) is 12.4. The van der Waals surface area contributed by atoms with Gasteiger partial charge in [0.15, 0.2) is 0 Å². The summed E-state index contributed by atoms with van der Waals surface area (Å²) in [4.78, 5) is 1.92. The second-order valence-electron chi connectivity index (χ2n) is 13.4. The summed E-state index contributed by atoms with van der Waals surface area (Å²) in [7, 11) is 0. The third-order valence-corrected chi connectivity index (χ3v) is 10.2. The molecule has 10 rings (SSSR count). The fraction of sp³-hybridized carbons (Fsp3) is 0. The topological polar surface area (TPSA) is 8.17 Å². The van der Waals surface area contributed by atoms with Crippen LogP contribution in [0.15, 0.2) is 218 Å². The third kappa shape index (κ3) is 5.53. The van der Waals surface area contributed by atoms with E-state index in [1.807, 2.05) is 83.8 Å². The van der Waals surface area contributed by atoms with E-state index in [2.05, 4.69) is 120 Å². The second kappa shape index (κ2) is 13.4. The van der Waals surface area contributed by atoms with Gasteiger partial charge in [-0.25, -0.2) is 0 Å². The zero-order valence-corrected chi connectivity index (χ0v) is 29.4. The van der Waals surface area contributed by atoms with Crippen LogP contribution in [-0.4, -0.2) is 4.57 Å². The van der Waals surface area contributed by atoms with Crippen LogP contribution in [0.5, 0.6) is 0 Å². The molecule has 0 spiro atoms. The first-order valence-electron chi connectivity index (χ1n) is 20.2. The van der Waals surface area contributed by atoms with E-state index in [4.69, 9.17) is 0 Å². The van der Waals surface area contributed by atoms with Crippen LogP contribution in [0.3, 0.4) is 0 Å². The summed E-state index contributed by atoms with van der Waals surface area (Å²) in [6.07, 6.45) is 0. The molecule has 0 aliphatic rings. The first kappa shape index (κ1) is 27.5. The largest absolute Gasteiger partial charge is 0.310 e. The highest BCUT2D eigenvalue weighted by Gasteiger charge is 2.21. The SMILES string of the molecule is [2H]c1c([2H])c(N(c2cccc(-c3ccc4ccccc4c3)c2)c2ccccc2-c2cccc3c2c2ccccc2n3-c2ccccc2)c([2H])c([2H])c1-c1ccccc1. The van der Waals surface area contributed by atoms with Crippen LogP contribution in [0.1, 0.15) is 5.48 Å². The van der Waals surface area contributed by atoms with Crippen molar-refractivity contribution in [3.8, 4) is 39.1 Å². The lowest BCUT2D eigenvalue weighted by Gasteiger charge is -2.28. The van der Waals surface area contributed by atoms with Crippen LogP contribution in [0, 0.1) is 0 Å². The molecule has 2 nitrogen and oxygen atoms in total. The maximum Gasteiger partial charge on any atom is 0.0645 e. The molecule has 0 unspecified atom stereocenters. The molecule has 2 heteroatoms. The number of fused-ring (bicyclic) bond motifs is 4. The van der Waals surface area contributed by atoms with Gasteiger partial charge in [-0.05, 0) is 99.2 Å². The van der Waals surface area contributed by atoms with Crippen LogP contribution in [-0.2, 0) is 0 Å². The summed E-state index contributed by atoms with van der Waals surface area (Å²) in [5.41, 5.74) is 9.63. The molecule has 0 amide bonds. The van der Waals surface area contributed by atoms with Crippen LogP contribution >= 0.6 is 0 Å². The summed E-state index contributed by atoms with van der Waals surface area (Å²) >= 11 is 0. The molecule has 0 aliphatic carbocycles. The second-order valence-corrected chi connectivity index (χ2v) is 13.4. The van der Waals surface area contributed by atoms with Crippen molar-refractivity contribution in [3.63, 3.8) is 0 Å². The fourth-order valence-corrected chi connectivity index (χ4v) is 7.74. The van der Waals surface area contributed by atoms with E-state index in [1.54, 1.807) is 0 Å². The molecule has 10 aromatic rings. The number of anilines is 3. The minimum atomic E-state index is -0.121. The van der Waals surface area contributed by atoms with E-state index in [0.717, 1.165) is 66.2 Å². The predicted molar refractivity (Wildman–Crippen MR) is 229 cm³/mol. The molecule has 254 valence electrons. The van der Waals surface area contributed by atoms with E-state index in [9.17, 15) is 5.48 Å². The van der Waals surface area contributed by atoms with E-state index >= 15 is 0 Å². The molecule has 0 saturated carbocycles. The molecule has 0 N–H and O–H groups in total. The van der Waals surface area contributed by atoms with E-state index in [0.29, 0.717) is 11.3 Å². The Balaban J connectivity index is 1.25. The maximum absolute atomic E-state index is 9.64. The average Bonchev–Trinajstić information content (AvgIpc) is 3.62. The van der Waals surface area contributed by atoms with Gasteiger partial charge in [0.1, 0.15) is 0 Å². The Labute approximate surface area is 321 Å². The van der Waals surface area contributed by atoms with Gasteiger partial charge < -0.3 is 9.47 Å². The number of nitrogens with zero attached hydrogens (tertiary/aromatic N) is 2. The van der Waals surface area contributed by atoms with Crippen molar-refractivity contribution >= 4 is 49.6 Å². The number of rotatable bonds is 7. The van der Waals surface area contributed by atoms with Gasteiger partial charge in [0, 0.05) is 33.4 Å². The lowest BCUT2D eigenvalue weighted by molar-refractivity contribution is 1.18. The first-order valence-corrected chi connectivity index (χ1v) is 18.2. The molecule has 1 heterocycles. The quantitative estimate of drug-likeness (QED) is 0.161. The van der Waals surface area contributed by atoms with Gasteiger partial charge in [0.25, 0.3) is 0 Å². The molecule has 0 bridgehead atoms. The molecule has 1 aromatic heterocycles. The Hall–Kier alpha value is -7.16. The molecule has 0 aliphatic heterocycles. The van der Waals surface area contributed by atoms with Crippen molar-refractivity contribution in [3.05, 3.63) is 218 Å². The highest BCUT2D eigenvalue weighted by Crippen LogP contribution is 2.46. The summed E-state index contributed by atoms with van der Waals surface area (Å²) < 4.78 is 40.3. The number of para-hydroxylation sites is 3. The molecule has 0 fully saturated rings. The van der Waals surface area contributed by atoms with Crippen LogP contribution in [0.4, 0.5) is 17.1 Å². The third-order valence-electron chi connectivity index (χ3n) is 10.2. The Morgan fingerprint density at radius 3 is 1.87 bits per heavy atom. The van der Waals surface area contributed by atoms with Crippen molar-refractivity contribution < 1.29 is 5.48 Å². The average molecular weight is 693 g/mol. The Morgan fingerprint density at radius 2 is 1.02 bits per heavy atom. The summed E-state index contributed by atoms with van der Waals surface area (Å²) in [5.74, 6) is 0. The minimum absolute atomic E-state index is 0.0941. The summed E-state index contributed by atoms with van der Waals surface area (Å²) in [6, 6.07) is 65.0. The molecule has 0 saturated heterocycles. The van der Waals surface area contributed by atoms with Crippen molar-refractivity contribution in [2.45, 2.75) is 0 Å². The lowest BCUT2D eigenvalue weighted by atomic mass is 9.96. The van der Waals surface area contributed by atoms with Gasteiger partial charge in [-0.2, -0.15) is 0 Å². The zero-order chi connectivity index (χ0) is 39.3. The molecular weight excluding hydrogens is 653 g/mol. The van der Waals surface area contributed by atoms with Gasteiger partial charge in [-0.15, -0.1) is 0 Å². The van der Waals surface area contributed by atoms with Crippen LogP contribution in [0.25, 0.3) is 71.6 Å². The smallest absolute Gasteiger partial charge is 0.0645 e. The maximum atomic E-state index is 9.64. The van der Waals surface area contributed by atoms with E-state index in [1.165, 1.54) is 0 Å². The summed E-state index contributed by atoms with van der Waals surface area (Å²) in [6.45, 7) is 0.